The Kier molecular flexibility index (Phi) is 7.35. The molecule has 1 N–H and O–H groups in total. The van der Waals surface area contributed by atoms with Crippen molar-refractivity contribution in [1.82, 2.24) is 14.9 Å². The number of rotatable bonds is 6. The van der Waals surface area contributed by atoms with Gasteiger partial charge in [-0.3, -0.25) is 9.78 Å². The predicted octanol–water partition coefficient (Wildman–Crippen LogP) is 5.72. The van der Waals surface area contributed by atoms with Gasteiger partial charge < -0.3 is 19.5 Å². The summed E-state index contributed by atoms with van der Waals surface area (Å²) in [5, 5.41) is 11.4. The Bertz CT molecular complexity index is 1410. The fraction of sp³-hybridized carbons (Fsp3) is 0.367. The van der Waals surface area contributed by atoms with Crippen LogP contribution >= 0.6 is 11.3 Å². The summed E-state index contributed by atoms with van der Waals surface area (Å²) < 4.78 is 12.6. The smallest absolute Gasteiger partial charge is 0.254 e. The number of carbonyl (C=O) groups excluding carboxylic acids is 1. The fourth-order valence-corrected chi connectivity index (χ4v) is 6.34. The molecule has 38 heavy (non-hydrogen) atoms. The molecule has 1 saturated heterocycles. The van der Waals surface area contributed by atoms with Gasteiger partial charge in [0.25, 0.3) is 5.91 Å². The SMILES string of the molecule is O=C(c1ccc(-c2cc(Oc3ccc4nc(C[C@@H]5CCCC[C@H]5O)sc4c3)ccn2)cc1)N1CCOCC1. The van der Waals surface area contributed by atoms with Crippen LogP contribution in [-0.4, -0.2) is 58.3 Å². The zero-order valence-corrected chi connectivity index (χ0v) is 22.0. The third kappa shape index (κ3) is 5.57. The Labute approximate surface area is 226 Å². The number of nitrogens with zero attached hydrogens (tertiary/aromatic N) is 3. The molecule has 8 heteroatoms. The van der Waals surface area contributed by atoms with Crippen molar-refractivity contribution in [3.63, 3.8) is 0 Å². The lowest BCUT2D eigenvalue weighted by molar-refractivity contribution is 0.0303. The van der Waals surface area contributed by atoms with E-state index in [1.165, 1.54) is 6.42 Å². The van der Waals surface area contributed by atoms with Gasteiger partial charge in [-0.05, 0) is 49.1 Å². The minimum atomic E-state index is -0.211. The van der Waals surface area contributed by atoms with Gasteiger partial charge in [0.1, 0.15) is 11.5 Å². The van der Waals surface area contributed by atoms with Gasteiger partial charge in [0.2, 0.25) is 0 Å². The molecule has 2 atom stereocenters. The number of aliphatic hydroxyl groups is 1. The number of morpholine rings is 1. The molecule has 1 saturated carbocycles. The van der Waals surface area contributed by atoms with E-state index in [1.54, 1.807) is 17.5 Å². The van der Waals surface area contributed by atoms with E-state index < -0.39 is 0 Å². The highest BCUT2D eigenvalue weighted by atomic mass is 32.1. The number of thiazole rings is 1. The number of amides is 1. The molecule has 7 nitrogen and oxygen atoms in total. The first-order chi connectivity index (χ1) is 18.6. The first-order valence-corrected chi connectivity index (χ1v) is 14.1. The van der Waals surface area contributed by atoms with Crippen molar-refractivity contribution < 1.29 is 19.4 Å². The van der Waals surface area contributed by atoms with Crippen molar-refractivity contribution in [1.29, 1.82) is 0 Å². The van der Waals surface area contributed by atoms with E-state index in [0.717, 1.165) is 57.9 Å². The zero-order chi connectivity index (χ0) is 25.9. The maximum atomic E-state index is 12.7. The largest absolute Gasteiger partial charge is 0.457 e. The van der Waals surface area contributed by atoms with E-state index in [1.807, 2.05) is 59.5 Å². The van der Waals surface area contributed by atoms with E-state index in [-0.39, 0.29) is 12.0 Å². The molecule has 2 aromatic carbocycles. The van der Waals surface area contributed by atoms with Crippen LogP contribution in [0.15, 0.2) is 60.8 Å². The summed E-state index contributed by atoms with van der Waals surface area (Å²) in [6, 6.07) is 17.3. The Hall–Kier alpha value is -3.33. The number of benzene rings is 2. The first kappa shape index (κ1) is 25.0. The van der Waals surface area contributed by atoms with Gasteiger partial charge in [0.05, 0.1) is 40.2 Å². The van der Waals surface area contributed by atoms with Crippen LogP contribution in [0.2, 0.25) is 0 Å². The van der Waals surface area contributed by atoms with Crippen LogP contribution in [-0.2, 0) is 11.2 Å². The third-order valence-corrected chi connectivity index (χ3v) is 8.44. The Morgan fingerprint density at radius 1 is 1.03 bits per heavy atom. The van der Waals surface area contributed by atoms with Crippen LogP contribution in [0.1, 0.15) is 41.0 Å². The molecule has 6 rings (SSSR count). The molecular weight excluding hydrogens is 498 g/mol. The molecule has 1 aliphatic heterocycles. The highest BCUT2D eigenvalue weighted by Gasteiger charge is 2.24. The molecule has 3 heterocycles. The number of aliphatic hydroxyl groups excluding tert-OH is 1. The molecule has 196 valence electrons. The number of fused-ring (bicyclic) bond motifs is 1. The lowest BCUT2D eigenvalue weighted by Gasteiger charge is -2.26. The topological polar surface area (TPSA) is 84.8 Å². The van der Waals surface area contributed by atoms with Crippen molar-refractivity contribution in [3.8, 4) is 22.8 Å². The zero-order valence-electron chi connectivity index (χ0n) is 21.2. The third-order valence-electron chi connectivity index (χ3n) is 7.40. The summed E-state index contributed by atoms with van der Waals surface area (Å²) in [6.07, 6.45) is 6.64. The second-order valence-electron chi connectivity index (χ2n) is 10.0. The van der Waals surface area contributed by atoms with Gasteiger partial charge in [0.15, 0.2) is 0 Å². The quantitative estimate of drug-likeness (QED) is 0.344. The van der Waals surface area contributed by atoms with Crippen LogP contribution in [0, 0.1) is 5.92 Å². The number of hydrogen-bond acceptors (Lipinski definition) is 7. The molecule has 1 amide bonds. The number of ether oxygens (including phenoxy) is 2. The summed E-state index contributed by atoms with van der Waals surface area (Å²) in [7, 11) is 0. The summed E-state index contributed by atoms with van der Waals surface area (Å²) in [4.78, 5) is 23.9. The van der Waals surface area contributed by atoms with Crippen LogP contribution in [0.4, 0.5) is 0 Å². The van der Waals surface area contributed by atoms with E-state index in [2.05, 4.69) is 4.98 Å². The molecule has 0 radical (unpaired) electrons. The van der Waals surface area contributed by atoms with Gasteiger partial charge >= 0.3 is 0 Å². The number of aromatic nitrogens is 2. The van der Waals surface area contributed by atoms with Crippen LogP contribution in [0.25, 0.3) is 21.5 Å². The van der Waals surface area contributed by atoms with Crippen molar-refractivity contribution in [2.24, 2.45) is 5.92 Å². The van der Waals surface area contributed by atoms with Gasteiger partial charge in [0, 0.05) is 49.0 Å². The summed E-state index contributed by atoms with van der Waals surface area (Å²) in [5.74, 6) is 1.77. The predicted molar refractivity (Wildman–Crippen MR) is 148 cm³/mol. The van der Waals surface area contributed by atoms with Crippen LogP contribution in [0.3, 0.4) is 0 Å². The average molecular weight is 530 g/mol. The number of carbonyl (C=O) groups is 1. The monoisotopic (exact) mass is 529 g/mol. The molecular formula is C30H31N3O4S. The fourth-order valence-electron chi connectivity index (χ4n) is 5.26. The Morgan fingerprint density at radius 2 is 1.82 bits per heavy atom. The Balaban J connectivity index is 1.14. The van der Waals surface area contributed by atoms with E-state index in [0.29, 0.717) is 43.5 Å². The van der Waals surface area contributed by atoms with E-state index in [9.17, 15) is 9.90 Å². The minimum absolute atomic E-state index is 0.0291. The molecule has 0 unspecified atom stereocenters. The molecule has 2 fully saturated rings. The second-order valence-corrected chi connectivity index (χ2v) is 11.1. The van der Waals surface area contributed by atoms with Gasteiger partial charge in [-0.25, -0.2) is 4.98 Å². The van der Waals surface area contributed by atoms with Crippen molar-refractivity contribution in [3.05, 3.63) is 71.4 Å². The number of hydrogen-bond donors (Lipinski definition) is 1. The maximum absolute atomic E-state index is 12.7. The Morgan fingerprint density at radius 3 is 2.63 bits per heavy atom. The van der Waals surface area contributed by atoms with Gasteiger partial charge in [-0.15, -0.1) is 11.3 Å². The van der Waals surface area contributed by atoms with Gasteiger partial charge in [-0.2, -0.15) is 0 Å². The first-order valence-electron chi connectivity index (χ1n) is 13.3. The van der Waals surface area contributed by atoms with E-state index in [4.69, 9.17) is 14.5 Å². The summed E-state index contributed by atoms with van der Waals surface area (Å²) in [5.41, 5.74) is 3.32. The molecule has 0 spiro atoms. The maximum Gasteiger partial charge on any atom is 0.254 e. The van der Waals surface area contributed by atoms with E-state index >= 15 is 0 Å². The van der Waals surface area contributed by atoms with Crippen LogP contribution < -0.4 is 4.74 Å². The summed E-state index contributed by atoms with van der Waals surface area (Å²) >= 11 is 1.68. The highest BCUT2D eigenvalue weighted by Crippen LogP contribution is 2.33. The lowest BCUT2D eigenvalue weighted by Crippen LogP contribution is -2.40. The van der Waals surface area contributed by atoms with Crippen molar-refractivity contribution in [2.45, 2.75) is 38.2 Å². The molecule has 2 aliphatic rings. The number of pyridine rings is 1. The minimum Gasteiger partial charge on any atom is -0.457 e. The van der Waals surface area contributed by atoms with Crippen molar-refractivity contribution in [2.75, 3.05) is 26.3 Å². The van der Waals surface area contributed by atoms with Gasteiger partial charge in [-0.1, -0.05) is 25.0 Å². The standard InChI is InChI=1S/C30H31N3O4S/c34-27-4-2-1-3-22(27)17-29-32-25-10-9-23(19-28(25)38-29)37-24-11-12-31-26(18-24)20-5-7-21(8-6-20)30(35)33-13-15-36-16-14-33/h5-12,18-19,22,27,34H,1-4,13-17H2/t22-,27+/m0/s1. The lowest BCUT2D eigenvalue weighted by atomic mass is 9.84. The molecule has 0 bridgehead atoms. The molecule has 4 aromatic rings. The second kappa shape index (κ2) is 11.2. The molecule has 1 aliphatic carbocycles. The van der Waals surface area contributed by atoms with Crippen LogP contribution in [0.5, 0.6) is 11.5 Å². The average Bonchev–Trinajstić information content (AvgIpc) is 3.36. The molecule has 2 aromatic heterocycles. The summed E-state index contributed by atoms with van der Waals surface area (Å²) in [6.45, 7) is 2.42. The highest BCUT2D eigenvalue weighted by molar-refractivity contribution is 7.18. The van der Waals surface area contributed by atoms with Crippen molar-refractivity contribution >= 4 is 27.5 Å². The normalized spacial score (nSPS) is 20.0.